The summed E-state index contributed by atoms with van der Waals surface area (Å²) in [6, 6.07) is 12.4. The molecule has 0 radical (unpaired) electrons. The number of amides is 2. The maximum Gasteiger partial charge on any atom is 0.230 e. The molecule has 1 aromatic carbocycles. The highest BCUT2D eigenvalue weighted by atomic mass is 19.1. The summed E-state index contributed by atoms with van der Waals surface area (Å²) in [6.07, 6.45) is 7.85. The van der Waals surface area contributed by atoms with Gasteiger partial charge in [-0.15, -0.1) is 0 Å². The van der Waals surface area contributed by atoms with Crippen molar-refractivity contribution in [3.05, 3.63) is 59.5 Å². The zero-order valence-corrected chi connectivity index (χ0v) is 22.3. The smallest absolute Gasteiger partial charge is 0.230 e. The second kappa shape index (κ2) is 12.6. The van der Waals surface area contributed by atoms with Crippen LogP contribution in [-0.4, -0.2) is 47.9 Å². The molecule has 4 rings (SSSR count). The van der Waals surface area contributed by atoms with Gasteiger partial charge in [0, 0.05) is 24.1 Å². The number of piperidine rings is 1. The summed E-state index contributed by atoms with van der Waals surface area (Å²) in [5.74, 6) is 0.765. The Balaban J connectivity index is 1.22. The lowest BCUT2D eigenvalue weighted by atomic mass is 9.68. The van der Waals surface area contributed by atoms with Gasteiger partial charge in [-0.25, -0.2) is 9.37 Å². The van der Waals surface area contributed by atoms with Gasteiger partial charge in [-0.1, -0.05) is 51.3 Å². The first-order valence-electron chi connectivity index (χ1n) is 13.9. The van der Waals surface area contributed by atoms with Crippen molar-refractivity contribution in [2.75, 3.05) is 31.5 Å². The van der Waals surface area contributed by atoms with Crippen LogP contribution in [-0.2, 0) is 15.0 Å². The predicted octanol–water partition coefficient (Wildman–Crippen LogP) is 5.40. The fourth-order valence-corrected chi connectivity index (χ4v) is 5.72. The molecule has 2 heterocycles. The molecule has 1 aromatic heterocycles. The molecule has 2 aliphatic rings. The molecule has 200 valence electrons. The van der Waals surface area contributed by atoms with Crippen molar-refractivity contribution < 1.29 is 14.0 Å². The monoisotopic (exact) mass is 508 g/mol. The number of carbonyl (C=O) groups excluding carboxylic acids is 2. The number of anilines is 1. The van der Waals surface area contributed by atoms with Gasteiger partial charge in [-0.05, 0) is 81.6 Å². The van der Waals surface area contributed by atoms with E-state index >= 15 is 0 Å². The predicted molar refractivity (Wildman–Crippen MR) is 145 cm³/mol. The van der Waals surface area contributed by atoms with Crippen LogP contribution >= 0.6 is 0 Å². The molecular formula is C30H41FN4O2. The SMILES string of the molecule is CC(C)C(=O)Nc1cccc(C2CCN(CCCNC(=O)C3(c4ccc(F)cc4)CCCCC3)CC2)n1. The van der Waals surface area contributed by atoms with Gasteiger partial charge in [0.25, 0.3) is 0 Å². The summed E-state index contributed by atoms with van der Waals surface area (Å²) in [7, 11) is 0. The van der Waals surface area contributed by atoms with Crippen LogP contribution in [0.1, 0.15) is 82.4 Å². The lowest BCUT2D eigenvalue weighted by molar-refractivity contribution is -0.128. The maximum absolute atomic E-state index is 13.5. The standard InChI is InChI=1S/C30H41FN4O2/c1-22(2)28(36)34-27-9-6-8-26(33-27)23-14-20-35(21-15-23)19-7-18-32-29(37)30(16-4-3-5-17-30)24-10-12-25(31)13-11-24/h6,8-13,22-23H,3-5,7,14-21H2,1-2H3,(H,32,37)(H,33,34,36). The summed E-state index contributed by atoms with van der Waals surface area (Å²) in [5, 5.41) is 6.11. The minimum atomic E-state index is -0.527. The quantitative estimate of drug-likeness (QED) is 0.445. The van der Waals surface area contributed by atoms with Crippen LogP contribution < -0.4 is 10.6 Å². The molecule has 2 amide bonds. The van der Waals surface area contributed by atoms with E-state index < -0.39 is 5.41 Å². The van der Waals surface area contributed by atoms with Gasteiger partial charge in [-0.3, -0.25) is 9.59 Å². The molecule has 1 saturated carbocycles. The molecule has 1 aliphatic carbocycles. The topological polar surface area (TPSA) is 74.3 Å². The molecule has 2 N–H and O–H groups in total. The Kier molecular flexibility index (Phi) is 9.30. The molecule has 0 bridgehead atoms. The van der Waals surface area contributed by atoms with Crippen LogP contribution in [0.25, 0.3) is 0 Å². The summed E-state index contributed by atoms with van der Waals surface area (Å²) in [6.45, 7) is 7.36. The summed E-state index contributed by atoms with van der Waals surface area (Å²) in [5.41, 5.74) is 1.46. The molecule has 0 spiro atoms. The molecule has 0 atom stereocenters. The highest BCUT2D eigenvalue weighted by molar-refractivity contribution is 5.91. The first kappa shape index (κ1) is 27.2. The van der Waals surface area contributed by atoms with E-state index in [-0.39, 0.29) is 23.5 Å². The Morgan fingerprint density at radius 3 is 2.43 bits per heavy atom. The first-order chi connectivity index (χ1) is 17.9. The van der Waals surface area contributed by atoms with Crippen molar-refractivity contribution >= 4 is 17.6 Å². The molecule has 2 aromatic rings. The van der Waals surface area contributed by atoms with E-state index in [1.807, 2.05) is 26.0 Å². The van der Waals surface area contributed by atoms with Gasteiger partial charge in [0.05, 0.1) is 5.41 Å². The second-order valence-electron chi connectivity index (χ2n) is 11.0. The van der Waals surface area contributed by atoms with Crippen molar-refractivity contribution in [2.24, 2.45) is 5.92 Å². The van der Waals surface area contributed by atoms with Crippen molar-refractivity contribution in [2.45, 2.75) is 76.5 Å². The van der Waals surface area contributed by atoms with Gasteiger partial charge < -0.3 is 15.5 Å². The Labute approximate surface area is 220 Å². The van der Waals surface area contributed by atoms with Crippen molar-refractivity contribution in [3.8, 4) is 0 Å². The minimum absolute atomic E-state index is 0.0152. The number of likely N-dealkylation sites (tertiary alicyclic amines) is 1. The Bertz CT molecular complexity index is 1040. The van der Waals surface area contributed by atoms with E-state index in [1.54, 1.807) is 12.1 Å². The van der Waals surface area contributed by atoms with Gasteiger partial charge in [0.1, 0.15) is 11.6 Å². The van der Waals surface area contributed by atoms with Gasteiger partial charge in [0.15, 0.2) is 0 Å². The minimum Gasteiger partial charge on any atom is -0.355 e. The third-order valence-corrected chi connectivity index (χ3v) is 8.03. The zero-order chi connectivity index (χ0) is 26.3. The average molecular weight is 509 g/mol. The van der Waals surface area contributed by atoms with Crippen LogP contribution in [0, 0.1) is 11.7 Å². The Morgan fingerprint density at radius 2 is 1.76 bits per heavy atom. The summed E-state index contributed by atoms with van der Waals surface area (Å²) >= 11 is 0. The summed E-state index contributed by atoms with van der Waals surface area (Å²) in [4.78, 5) is 32.5. The zero-order valence-electron chi connectivity index (χ0n) is 22.3. The lowest BCUT2D eigenvalue weighted by Gasteiger charge is -2.36. The number of aromatic nitrogens is 1. The van der Waals surface area contributed by atoms with Crippen LogP contribution in [0.5, 0.6) is 0 Å². The molecular weight excluding hydrogens is 467 g/mol. The molecule has 0 unspecified atom stereocenters. The largest absolute Gasteiger partial charge is 0.355 e. The molecule has 1 saturated heterocycles. The number of carbonyl (C=O) groups is 2. The number of benzene rings is 1. The first-order valence-corrected chi connectivity index (χ1v) is 13.9. The average Bonchev–Trinajstić information content (AvgIpc) is 2.92. The highest BCUT2D eigenvalue weighted by Crippen LogP contribution is 2.40. The lowest BCUT2D eigenvalue weighted by Crippen LogP contribution is -2.46. The number of hydrogen-bond acceptors (Lipinski definition) is 4. The van der Waals surface area contributed by atoms with Crippen LogP contribution in [0.4, 0.5) is 10.2 Å². The van der Waals surface area contributed by atoms with Crippen LogP contribution in [0.2, 0.25) is 0 Å². The van der Waals surface area contributed by atoms with Gasteiger partial charge >= 0.3 is 0 Å². The van der Waals surface area contributed by atoms with Crippen molar-refractivity contribution in [3.63, 3.8) is 0 Å². The maximum atomic E-state index is 13.5. The van der Waals surface area contributed by atoms with Crippen molar-refractivity contribution in [1.29, 1.82) is 0 Å². The van der Waals surface area contributed by atoms with Crippen LogP contribution in [0.3, 0.4) is 0 Å². The fourth-order valence-electron chi connectivity index (χ4n) is 5.72. The number of nitrogens with zero attached hydrogens (tertiary/aromatic N) is 2. The molecule has 7 heteroatoms. The molecule has 6 nitrogen and oxygen atoms in total. The van der Waals surface area contributed by atoms with Gasteiger partial charge in [0.2, 0.25) is 11.8 Å². The second-order valence-corrected chi connectivity index (χ2v) is 11.0. The van der Waals surface area contributed by atoms with E-state index in [9.17, 15) is 14.0 Å². The van der Waals surface area contributed by atoms with E-state index in [2.05, 4.69) is 21.6 Å². The number of rotatable bonds is 9. The van der Waals surface area contributed by atoms with E-state index in [0.717, 1.165) is 82.3 Å². The van der Waals surface area contributed by atoms with Crippen LogP contribution in [0.15, 0.2) is 42.5 Å². The third kappa shape index (κ3) is 6.95. The highest BCUT2D eigenvalue weighted by Gasteiger charge is 2.40. The Morgan fingerprint density at radius 1 is 1.05 bits per heavy atom. The fraction of sp³-hybridized carbons (Fsp3) is 0.567. The number of pyridine rings is 1. The molecule has 2 fully saturated rings. The third-order valence-electron chi connectivity index (χ3n) is 8.03. The van der Waals surface area contributed by atoms with Crippen molar-refractivity contribution in [1.82, 2.24) is 15.2 Å². The van der Waals surface area contributed by atoms with E-state index in [4.69, 9.17) is 4.98 Å². The summed E-state index contributed by atoms with van der Waals surface area (Å²) < 4.78 is 13.5. The normalized spacial score (nSPS) is 18.5. The van der Waals surface area contributed by atoms with Gasteiger partial charge in [-0.2, -0.15) is 0 Å². The Hall–Kier alpha value is -2.80. The van der Waals surface area contributed by atoms with E-state index in [1.165, 1.54) is 12.1 Å². The number of halogens is 1. The number of nitrogens with one attached hydrogen (secondary N) is 2. The van der Waals surface area contributed by atoms with E-state index in [0.29, 0.717) is 18.3 Å². The molecule has 1 aliphatic heterocycles. The number of hydrogen-bond donors (Lipinski definition) is 2. The molecule has 37 heavy (non-hydrogen) atoms.